The van der Waals surface area contributed by atoms with Crippen molar-refractivity contribution >= 4 is 27.1 Å². The summed E-state index contributed by atoms with van der Waals surface area (Å²) in [5, 5.41) is 16.6. The van der Waals surface area contributed by atoms with E-state index in [1.165, 1.54) is 12.1 Å². The van der Waals surface area contributed by atoms with E-state index in [4.69, 9.17) is 5.73 Å². The summed E-state index contributed by atoms with van der Waals surface area (Å²) in [6.07, 6.45) is 0.980. The van der Waals surface area contributed by atoms with Gasteiger partial charge in [0.15, 0.2) is 9.84 Å². The van der Waals surface area contributed by atoms with Gasteiger partial charge in [0.2, 0.25) is 5.91 Å². The number of amides is 1. The highest BCUT2D eigenvalue weighted by Crippen LogP contribution is 2.27. The van der Waals surface area contributed by atoms with E-state index in [2.05, 4.69) is 10.6 Å². The third-order valence-electron chi connectivity index (χ3n) is 3.54. The first kappa shape index (κ1) is 19.8. The third kappa shape index (κ3) is 5.46. The number of nitro benzene ring substituents is 1. The standard InChI is InChI=1S/C14H22N4O5S/c1-9(10(2)15)14(19)17-7-6-16-12-5-4-11(24(3,22)23)8-13(12)18(20)21/h4-5,8-10,16H,6-7,15H2,1-3H3,(H,17,19). The summed E-state index contributed by atoms with van der Waals surface area (Å²) in [5.74, 6) is -0.540. The van der Waals surface area contributed by atoms with Gasteiger partial charge in [-0.25, -0.2) is 8.42 Å². The van der Waals surface area contributed by atoms with Crippen molar-refractivity contribution in [3.8, 4) is 0 Å². The molecule has 4 N–H and O–H groups in total. The predicted octanol–water partition coefficient (Wildman–Crippen LogP) is 0.510. The summed E-state index contributed by atoms with van der Waals surface area (Å²) >= 11 is 0. The number of carbonyl (C=O) groups is 1. The molecule has 0 aliphatic rings. The largest absolute Gasteiger partial charge is 0.378 e. The van der Waals surface area contributed by atoms with Crippen LogP contribution in [0.4, 0.5) is 11.4 Å². The minimum absolute atomic E-state index is 0.126. The number of benzene rings is 1. The number of nitro groups is 1. The van der Waals surface area contributed by atoms with Crippen LogP contribution < -0.4 is 16.4 Å². The summed E-state index contributed by atoms with van der Waals surface area (Å²) in [4.78, 5) is 22.0. The lowest BCUT2D eigenvalue weighted by Gasteiger charge is -2.15. The van der Waals surface area contributed by atoms with Gasteiger partial charge < -0.3 is 16.4 Å². The summed E-state index contributed by atoms with van der Waals surface area (Å²) in [5.41, 5.74) is 5.48. The van der Waals surface area contributed by atoms with Gasteiger partial charge in [0.05, 0.1) is 9.82 Å². The molecule has 2 atom stereocenters. The number of nitrogens with one attached hydrogen (secondary N) is 2. The Hall–Kier alpha value is -2.20. The molecule has 1 amide bonds. The van der Waals surface area contributed by atoms with Crippen LogP contribution in [0.25, 0.3) is 0 Å². The molecule has 0 heterocycles. The highest BCUT2D eigenvalue weighted by molar-refractivity contribution is 7.90. The average molecular weight is 358 g/mol. The van der Waals surface area contributed by atoms with Crippen molar-refractivity contribution in [3.05, 3.63) is 28.3 Å². The Balaban J connectivity index is 2.72. The molecule has 0 saturated carbocycles. The van der Waals surface area contributed by atoms with Crippen LogP contribution in [0, 0.1) is 16.0 Å². The van der Waals surface area contributed by atoms with E-state index < -0.39 is 14.8 Å². The Morgan fingerprint density at radius 1 is 1.33 bits per heavy atom. The van der Waals surface area contributed by atoms with Crippen LogP contribution >= 0.6 is 0 Å². The maximum absolute atomic E-state index is 11.7. The van der Waals surface area contributed by atoms with E-state index in [1.807, 2.05) is 0 Å². The van der Waals surface area contributed by atoms with Crippen LogP contribution in [0.1, 0.15) is 13.8 Å². The third-order valence-corrected chi connectivity index (χ3v) is 4.65. The number of anilines is 1. The van der Waals surface area contributed by atoms with Crippen LogP contribution in [0.3, 0.4) is 0 Å². The van der Waals surface area contributed by atoms with Crippen molar-refractivity contribution < 1.29 is 18.1 Å². The van der Waals surface area contributed by atoms with Gasteiger partial charge in [-0.1, -0.05) is 6.92 Å². The van der Waals surface area contributed by atoms with Crippen LogP contribution in [0.15, 0.2) is 23.1 Å². The predicted molar refractivity (Wildman–Crippen MR) is 90.5 cm³/mol. The van der Waals surface area contributed by atoms with Crippen LogP contribution in [0.5, 0.6) is 0 Å². The van der Waals surface area contributed by atoms with Crippen LogP contribution in [-0.4, -0.2) is 44.6 Å². The lowest BCUT2D eigenvalue weighted by atomic mass is 10.0. The highest BCUT2D eigenvalue weighted by atomic mass is 32.2. The summed E-state index contributed by atoms with van der Waals surface area (Å²) < 4.78 is 22.9. The minimum Gasteiger partial charge on any atom is -0.378 e. The molecule has 0 aromatic heterocycles. The fourth-order valence-corrected chi connectivity index (χ4v) is 2.47. The van der Waals surface area contributed by atoms with Crippen molar-refractivity contribution in [1.29, 1.82) is 0 Å². The van der Waals surface area contributed by atoms with Gasteiger partial charge >= 0.3 is 0 Å². The molecule has 10 heteroatoms. The van der Waals surface area contributed by atoms with Gasteiger partial charge in [-0.15, -0.1) is 0 Å². The van der Waals surface area contributed by atoms with Gasteiger partial charge in [0.1, 0.15) is 5.69 Å². The van der Waals surface area contributed by atoms with Gasteiger partial charge in [0.25, 0.3) is 5.69 Å². The molecular weight excluding hydrogens is 336 g/mol. The van der Waals surface area contributed by atoms with Crippen molar-refractivity contribution in [2.45, 2.75) is 24.8 Å². The Bertz CT molecular complexity index is 718. The van der Waals surface area contributed by atoms with E-state index in [1.54, 1.807) is 13.8 Å². The zero-order valence-electron chi connectivity index (χ0n) is 13.8. The first-order valence-electron chi connectivity index (χ1n) is 7.29. The minimum atomic E-state index is -3.53. The summed E-state index contributed by atoms with van der Waals surface area (Å²) in [7, 11) is -3.53. The molecule has 0 spiro atoms. The second kappa shape index (κ2) is 8.06. The van der Waals surface area contributed by atoms with E-state index in [9.17, 15) is 23.3 Å². The number of nitrogens with zero attached hydrogens (tertiary/aromatic N) is 1. The van der Waals surface area contributed by atoms with E-state index >= 15 is 0 Å². The molecular formula is C14H22N4O5S. The Labute approximate surface area is 140 Å². The Morgan fingerprint density at radius 3 is 2.46 bits per heavy atom. The fraction of sp³-hybridized carbons (Fsp3) is 0.500. The first-order chi connectivity index (χ1) is 11.0. The molecule has 0 bridgehead atoms. The maximum Gasteiger partial charge on any atom is 0.293 e. The SMILES string of the molecule is CC(N)C(C)C(=O)NCCNc1ccc(S(C)(=O)=O)cc1[N+](=O)[O-]. The zero-order chi connectivity index (χ0) is 18.5. The molecule has 1 aromatic carbocycles. The average Bonchev–Trinajstić information content (AvgIpc) is 2.49. The molecule has 0 aliphatic heterocycles. The normalized spacial score (nSPS) is 13.8. The van der Waals surface area contributed by atoms with E-state index in [0.29, 0.717) is 0 Å². The number of sulfone groups is 1. The lowest BCUT2D eigenvalue weighted by Crippen LogP contribution is -2.40. The number of nitrogens with two attached hydrogens (primary N) is 1. The second-order valence-corrected chi connectivity index (χ2v) is 7.59. The highest BCUT2D eigenvalue weighted by Gasteiger charge is 2.19. The monoisotopic (exact) mass is 358 g/mol. The maximum atomic E-state index is 11.7. The Kier molecular flexibility index (Phi) is 6.67. The molecule has 0 saturated heterocycles. The summed E-state index contributed by atoms with van der Waals surface area (Å²) in [6, 6.07) is 3.36. The van der Waals surface area contributed by atoms with Crippen molar-refractivity contribution in [3.63, 3.8) is 0 Å². The molecule has 1 aromatic rings. The van der Waals surface area contributed by atoms with E-state index in [0.717, 1.165) is 12.3 Å². The van der Waals surface area contributed by atoms with Gasteiger partial charge in [-0.05, 0) is 19.1 Å². The molecule has 134 valence electrons. The molecule has 0 aliphatic carbocycles. The quantitative estimate of drug-likeness (QED) is 0.349. The Morgan fingerprint density at radius 2 is 1.96 bits per heavy atom. The van der Waals surface area contributed by atoms with Crippen LogP contribution in [-0.2, 0) is 14.6 Å². The van der Waals surface area contributed by atoms with Crippen molar-refractivity contribution in [2.24, 2.45) is 11.7 Å². The van der Waals surface area contributed by atoms with Gasteiger partial charge in [-0.3, -0.25) is 14.9 Å². The van der Waals surface area contributed by atoms with Gasteiger partial charge in [0, 0.05) is 37.4 Å². The molecule has 24 heavy (non-hydrogen) atoms. The zero-order valence-corrected chi connectivity index (χ0v) is 14.6. The van der Waals surface area contributed by atoms with Crippen molar-refractivity contribution in [1.82, 2.24) is 5.32 Å². The van der Waals surface area contributed by atoms with Crippen LogP contribution in [0.2, 0.25) is 0 Å². The first-order valence-corrected chi connectivity index (χ1v) is 9.19. The molecule has 2 unspecified atom stereocenters. The smallest absolute Gasteiger partial charge is 0.293 e. The summed E-state index contributed by atoms with van der Waals surface area (Å²) in [6.45, 7) is 3.94. The molecule has 1 rings (SSSR count). The molecule has 0 fully saturated rings. The topological polar surface area (TPSA) is 144 Å². The lowest BCUT2D eigenvalue weighted by molar-refractivity contribution is -0.384. The van der Waals surface area contributed by atoms with E-state index in [-0.39, 0.29) is 47.2 Å². The molecule has 9 nitrogen and oxygen atoms in total. The number of hydrogen-bond donors (Lipinski definition) is 3. The fourth-order valence-electron chi connectivity index (χ4n) is 1.83. The number of carbonyl (C=O) groups excluding carboxylic acids is 1. The number of hydrogen-bond acceptors (Lipinski definition) is 7. The van der Waals surface area contributed by atoms with Crippen molar-refractivity contribution in [2.75, 3.05) is 24.7 Å². The second-order valence-electron chi connectivity index (χ2n) is 5.57. The van der Waals surface area contributed by atoms with Gasteiger partial charge in [-0.2, -0.15) is 0 Å². The molecule has 0 radical (unpaired) electrons. The number of rotatable bonds is 8.